The van der Waals surface area contributed by atoms with Gasteiger partial charge in [-0.05, 0) is 36.8 Å². The first-order valence-corrected chi connectivity index (χ1v) is 8.53. The van der Waals surface area contributed by atoms with E-state index in [4.69, 9.17) is 0 Å². The standard InChI is InChI=1S/C18H18FN3OS/c1-12(17(23)20-11-13-7-9-14(19)10-8-13)24-18-21-15-5-3-4-6-16(15)22(18)2/h3-10,12H,11H2,1-2H3,(H,20,23). The number of rotatable bonds is 5. The number of carbonyl (C=O) groups is 1. The molecule has 0 aliphatic heterocycles. The van der Waals surface area contributed by atoms with Gasteiger partial charge in [0.15, 0.2) is 5.16 Å². The molecular weight excluding hydrogens is 325 g/mol. The zero-order chi connectivity index (χ0) is 17.1. The largest absolute Gasteiger partial charge is 0.351 e. The van der Waals surface area contributed by atoms with E-state index in [1.54, 1.807) is 12.1 Å². The molecule has 6 heteroatoms. The second-order valence-corrected chi connectivity index (χ2v) is 6.85. The quantitative estimate of drug-likeness (QED) is 0.721. The van der Waals surface area contributed by atoms with E-state index < -0.39 is 0 Å². The Morgan fingerprint density at radius 3 is 2.67 bits per heavy atom. The Labute approximate surface area is 144 Å². The van der Waals surface area contributed by atoms with Gasteiger partial charge in [-0.25, -0.2) is 9.37 Å². The van der Waals surface area contributed by atoms with Crippen molar-refractivity contribution in [3.8, 4) is 0 Å². The third-order valence-corrected chi connectivity index (χ3v) is 4.92. The molecular formula is C18H18FN3OS. The molecule has 1 aromatic heterocycles. The molecule has 124 valence electrons. The van der Waals surface area contributed by atoms with Crippen molar-refractivity contribution in [3.05, 3.63) is 59.9 Å². The number of aryl methyl sites for hydroxylation is 1. The molecule has 0 bridgehead atoms. The van der Waals surface area contributed by atoms with Crippen molar-refractivity contribution in [3.63, 3.8) is 0 Å². The molecule has 0 radical (unpaired) electrons. The number of hydrogen-bond acceptors (Lipinski definition) is 3. The molecule has 0 spiro atoms. The number of fused-ring (bicyclic) bond motifs is 1. The van der Waals surface area contributed by atoms with Crippen LogP contribution in [0.4, 0.5) is 4.39 Å². The van der Waals surface area contributed by atoms with Crippen LogP contribution in [0.3, 0.4) is 0 Å². The van der Waals surface area contributed by atoms with E-state index in [1.807, 2.05) is 42.8 Å². The van der Waals surface area contributed by atoms with Crippen molar-refractivity contribution < 1.29 is 9.18 Å². The van der Waals surface area contributed by atoms with Gasteiger partial charge >= 0.3 is 0 Å². The number of nitrogens with one attached hydrogen (secondary N) is 1. The van der Waals surface area contributed by atoms with Crippen LogP contribution in [0.5, 0.6) is 0 Å². The van der Waals surface area contributed by atoms with Crippen molar-refractivity contribution in [1.82, 2.24) is 14.9 Å². The lowest BCUT2D eigenvalue weighted by Crippen LogP contribution is -2.30. The van der Waals surface area contributed by atoms with Gasteiger partial charge in [0, 0.05) is 13.6 Å². The SMILES string of the molecule is CC(Sc1nc2ccccc2n1C)C(=O)NCc1ccc(F)cc1. The van der Waals surface area contributed by atoms with Gasteiger partial charge in [0.25, 0.3) is 0 Å². The fraction of sp³-hybridized carbons (Fsp3) is 0.222. The minimum absolute atomic E-state index is 0.0728. The van der Waals surface area contributed by atoms with E-state index >= 15 is 0 Å². The number of carbonyl (C=O) groups excluding carboxylic acids is 1. The Morgan fingerprint density at radius 2 is 1.96 bits per heavy atom. The van der Waals surface area contributed by atoms with Gasteiger partial charge in [-0.15, -0.1) is 0 Å². The number of thioether (sulfide) groups is 1. The summed E-state index contributed by atoms with van der Waals surface area (Å²) in [6.45, 7) is 2.23. The molecule has 3 rings (SSSR count). The Balaban J connectivity index is 1.63. The first-order valence-electron chi connectivity index (χ1n) is 7.65. The minimum atomic E-state index is -0.282. The summed E-state index contributed by atoms with van der Waals surface area (Å²) in [4.78, 5) is 16.8. The maximum Gasteiger partial charge on any atom is 0.233 e. The average molecular weight is 343 g/mol. The van der Waals surface area contributed by atoms with Crippen molar-refractivity contribution in [2.45, 2.75) is 23.9 Å². The summed E-state index contributed by atoms with van der Waals surface area (Å²) in [5.74, 6) is -0.354. The fourth-order valence-corrected chi connectivity index (χ4v) is 3.29. The van der Waals surface area contributed by atoms with Gasteiger partial charge < -0.3 is 9.88 Å². The van der Waals surface area contributed by atoms with Crippen molar-refractivity contribution in [1.29, 1.82) is 0 Å². The van der Waals surface area contributed by atoms with Gasteiger partial charge in [-0.3, -0.25) is 4.79 Å². The molecule has 1 amide bonds. The maximum absolute atomic E-state index is 12.9. The number of imidazole rings is 1. The molecule has 1 unspecified atom stereocenters. The predicted molar refractivity (Wildman–Crippen MR) is 94.3 cm³/mol. The van der Waals surface area contributed by atoms with Gasteiger partial charge in [0.2, 0.25) is 5.91 Å². The number of aromatic nitrogens is 2. The second kappa shape index (κ2) is 7.05. The van der Waals surface area contributed by atoms with Crippen LogP contribution in [-0.2, 0) is 18.4 Å². The first kappa shape index (κ1) is 16.5. The van der Waals surface area contributed by atoms with Gasteiger partial charge in [-0.1, -0.05) is 36.0 Å². The highest BCUT2D eigenvalue weighted by atomic mass is 32.2. The van der Waals surface area contributed by atoms with Crippen molar-refractivity contribution in [2.75, 3.05) is 0 Å². The zero-order valence-electron chi connectivity index (χ0n) is 13.5. The summed E-state index contributed by atoms with van der Waals surface area (Å²) in [6.07, 6.45) is 0. The smallest absolute Gasteiger partial charge is 0.233 e. The fourth-order valence-electron chi connectivity index (χ4n) is 2.38. The topological polar surface area (TPSA) is 46.9 Å². The van der Waals surface area contributed by atoms with Crippen LogP contribution in [0.1, 0.15) is 12.5 Å². The number of para-hydroxylation sites is 2. The summed E-state index contributed by atoms with van der Waals surface area (Å²) < 4.78 is 14.9. The highest BCUT2D eigenvalue weighted by Gasteiger charge is 2.18. The number of halogens is 1. The third kappa shape index (κ3) is 3.59. The summed E-state index contributed by atoms with van der Waals surface area (Å²) in [5.41, 5.74) is 2.82. The number of hydrogen-bond donors (Lipinski definition) is 1. The summed E-state index contributed by atoms with van der Waals surface area (Å²) in [6, 6.07) is 14.0. The monoisotopic (exact) mass is 343 g/mol. The molecule has 1 heterocycles. The van der Waals surface area contributed by atoms with E-state index in [0.717, 1.165) is 21.8 Å². The number of nitrogens with zero attached hydrogens (tertiary/aromatic N) is 2. The van der Waals surface area contributed by atoms with Crippen LogP contribution in [0, 0.1) is 5.82 Å². The highest BCUT2D eigenvalue weighted by molar-refractivity contribution is 8.00. The number of amides is 1. The number of benzene rings is 2. The molecule has 3 aromatic rings. The lowest BCUT2D eigenvalue weighted by molar-refractivity contribution is -0.120. The van der Waals surface area contributed by atoms with E-state index in [9.17, 15) is 9.18 Å². The van der Waals surface area contributed by atoms with Crippen molar-refractivity contribution >= 4 is 28.7 Å². The summed E-state index contributed by atoms with van der Waals surface area (Å²) in [5, 5.41) is 3.40. The van der Waals surface area contributed by atoms with E-state index in [2.05, 4.69) is 10.3 Å². The molecule has 0 saturated carbocycles. The van der Waals surface area contributed by atoms with Gasteiger partial charge in [-0.2, -0.15) is 0 Å². The van der Waals surface area contributed by atoms with Crippen molar-refractivity contribution in [2.24, 2.45) is 7.05 Å². The van der Waals surface area contributed by atoms with Crippen LogP contribution in [0.25, 0.3) is 11.0 Å². The molecule has 4 nitrogen and oxygen atoms in total. The molecule has 1 atom stereocenters. The van der Waals surface area contributed by atoms with E-state index in [-0.39, 0.29) is 17.0 Å². The zero-order valence-corrected chi connectivity index (χ0v) is 14.3. The summed E-state index contributed by atoms with van der Waals surface area (Å²) in [7, 11) is 1.95. The second-order valence-electron chi connectivity index (χ2n) is 5.55. The Morgan fingerprint density at radius 1 is 1.25 bits per heavy atom. The summed E-state index contributed by atoms with van der Waals surface area (Å²) >= 11 is 1.42. The van der Waals surface area contributed by atoms with Crippen LogP contribution >= 0.6 is 11.8 Å². The molecule has 0 aliphatic rings. The lowest BCUT2D eigenvalue weighted by atomic mass is 10.2. The highest BCUT2D eigenvalue weighted by Crippen LogP contribution is 2.26. The van der Waals surface area contributed by atoms with E-state index in [1.165, 1.54) is 23.9 Å². The van der Waals surface area contributed by atoms with Gasteiger partial charge in [0.05, 0.1) is 16.3 Å². The Hall–Kier alpha value is -2.34. The first-order chi connectivity index (χ1) is 11.5. The Kier molecular flexibility index (Phi) is 4.85. The molecule has 24 heavy (non-hydrogen) atoms. The lowest BCUT2D eigenvalue weighted by Gasteiger charge is -2.12. The third-order valence-electron chi connectivity index (χ3n) is 3.78. The van der Waals surface area contributed by atoms with Gasteiger partial charge in [0.1, 0.15) is 5.82 Å². The molecule has 0 aliphatic carbocycles. The Bertz CT molecular complexity index is 860. The van der Waals surface area contributed by atoms with Crippen LogP contribution in [-0.4, -0.2) is 20.7 Å². The average Bonchev–Trinajstić information content (AvgIpc) is 2.90. The molecule has 2 aromatic carbocycles. The predicted octanol–water partition coefficient (Wildman–Crippen LogP) is 3.51. The van der Waals surface area contributed by atoms with E-state index in [0.29, 0.717) is 6.54 Å². The van der Waals surface area contributed by atoms with Crippen LogP contribution in [0.2, 0.25) is 0 Å². The van der Waals surface area contributed by atoms with Crippen LogP contribution < -0.4 is 5.32 Å². The molecule has 0 fully saturated rings. The molecule has 0 saturated heterocycles. The normalized spacial score (nSPS) is 12.3. The maximum atomic E-state index is 12.9. The van der Waals surface area contributed by atoms with Crippen LogP contribution in [0.15, 0.2) is 53.7 Å². The molecule has 1 N–H and O–H groups in total. The minimum Gasteiger partial charge on any atom is -0.351 e.